The lowest BCUT2D eigenvalue weighted by Gasteiger charge is -1.99. The maximum absolute atomic E-state index is 11.0. The first kappa shape index (κ1) is 10.3. The van der Waals surface area contributed by atoms with Crippen molar-refractivity contribution in [3.63, 3.8) is 0 Å². The Morgan fingerprint density at radius 3 is 2.93 bits per heavy atom. The van der Waals surface area contributed by atoms with Gasteiger partial charge in [-0.15, -0.1) is 0 Å². The van der Waals surface area contributed by atoms with Gasteiger partial charge in [0, 0.05) is 7.05 Å². The molecule has 0 saturated heterocycles. The third-order valence-electron chi connectivity index (χ3n) is 1.70. The van der Waals surface area contributed by atoms with Crippen LogP contribution in [-0.4, -0.2) is 36.1 Å². The molecule has 0 atom stereocenters. The molecule has 0 aromatic rings. The third kappa shape index (κ3) is 2.59. The summed E-state index contributed by atoms with van der Waals surface area (Å²) in [5, 5.41) is 7.75. The van der Waals surface area contributed by atoms with Crippen LogP contribution in [0.1, 0.15) is 13.3 Å². The number of rotatable bonds is 2. The second-order valence-corrected chi connectivity index (χ2v) is 2.82. The molecule has 0 spiro atoms. The van der Waals surface area contributed by atoms with Crippen LogP contribution in [0.5, 0.6) is 0 Å². The third-order valence-corrected chi connectivity index (χ3v) is 1.70. The van der Waals surface area contributed by atoms with Gasteiger partial charge in [-0.1, -0.05) is 5.92 Å². The van der Waals surface area contributed by atoms with E-state index in [2.05, 4.69) is 22.3 Å². The standard InChI is InChI=1S/C9H11N3O2/c1-3-4-8(13)10-6-7-5-9(14)12(2)11-7/h5-6H2,1-2H3,(H,10,13). The highest BCUT2D eigenvalue weighted by molar-refractivity contribution is 6.07. The Hall–Kier alpha value is -1.83. The second-order valence-electron chi connectivity index (χ2n) is 2.82. The summed E-state index contributed by atoms with van der Waals surface area (Å²) >= 11 is 0. The zero-order chi connectivity index (χ0) is 10.6. The summed E-state index contributed by atoms with van der Waals surface area (Å²) in [6.07, 6.45) is 0.274. The van der Waals surface area contributed by atoms with E-state index in [0.717, 1.165) is 0 Å². The largest absolute Gasteiger partial charge is 0.340 e. The van der Waals surface area contributed by atoms with E-state index < -0.39 is 0 Å². The predicted molar refractivity (Wildman–Crippen MR) is 51.3 cm³/mol. The zero-order valence-electron chi connectivity index (χ0n) is 8.13. The predicted octanol–water partition coefficient (Wildman–Crippen LogP) is -0.656. The van der Waals surface area contributed by atoms with E-state index in [0.29, 0.717) is 5.71 Å². The molecule has 74 valence electrons. The number of carbonyl (C=O) groups is 2. The van der Waals surface area contributed by atoms with Crippen LogP contribution in [0, 0.1) is 11.8 Å². The van der Waals surface area contributed by atoms with E-state index in [-0.39, 0.29) is 24.8 Å². The number of nitrogens with one attached hydrogen (secondary N) is 1. The molecule has 1 aliphatic rings. The number of hydrogen-bond acceptors (Lipinski definition) is 3. The SMILES string of the molecule is CC#CC(=O)NCC1=NN(C)C(=O)C1. The Morgan fingerprint density at radius 1 is 1.71 bits per heavy atom. The van der Waals surface area contributed by atoms with E-state index in [1.807, 2.05) is 0 Å². The molecular weight excluding hydrogens is 182 g/mol. The number of hydrazone groups is 1. The van der Waals surface area contributed by atoms with Gasteiger partial charge in [0.15, 0.2) is 0 Å². The van der Waals surface area contributed by atoms with Crippen molar-refractivity contribution in [3.05, 3.63) is 0 Å². The molecule has 1 N–H and O–H groups in total. The monoisotopic (exact) mass is 193 g/mol. The van der Waals surface area contributed by atoms with Crippen LogP contribution in [0.2, 0.25) is 0 Å². The van der Waals surface area contributed by atoms with Crippen LogP contribution in [0.25, 0.3) is 0 Å². The summed E-state index contributed by atoms with van der Waals surface area (Å²) in [5.74, 6) is 4.41. The lowest BCUT2D eigenvalue weighted by Crippen LogP contribution is -2.27. The van der Waals surface area contributed by atoms with Crippen LogP contribution in [0.3, 0.4) is 0 Å². The van der Waals surface area contributed by atoms with Crippen molar-refractivity contribution >= 4 is 17.5 Å². The van der Waals surface area contributed by atoms with E-state index in [4.69, 9.17) is 0 Å². The fourth-order valence-electron chi connectivity index (χ4n) is 1.03. The molecule has 0 aliphatic carbocycles. The van der Waals surface area contributed by atoms with Gasteiger partial charge >= 0.3 is 0 Å². The van der Waals surface area contributed by atoms with Crippen LogP contribution in [0.15, 0.2) is 5.10 Å². The van der Waals surface area contributed by atoms with Crippen molar-refractivity contribution < 1.29 is 9.59 Å². The van der Waals surface area contributed by atoms with Gasteiger partial charge in [-0.2, -0.15) is 5.10 Å². The fourth-order valence-corrected chi connectivity index (χ4v) is 1.03. The summed E-state index contributed by atoms with van der Waals surface area (Å²) < 4.78 is 0. The minimum atomic E-state index is -0.350. The molecule has 5 heteroatoms. The van der Waals surface area contributed by atoms with Gasteiger partial charge in [-0.05, 0) is 12.8 Å². The lowest BCUT2D eigenvalue weighted by atomic mass is 10.3. The van der Waals surface area contributed by atoms with Crippen molar-refractivity contribution in [2.75, 3.05) is 13.6 Å². The summed E-state index contributed by atoms with van der Waals surface area (Å²) in [7, 11) is 1.59. The average Bonchev–Trinajstić information content (AvgIpc) is 2.44. The number of hydrogen-bond donors (Lipinski definition) is 1. The number of amides is 2. The van der Waals surface area contributed by atoms with Gasteiger partial charge < -0.3 is 5.32 Å². The first-order valence-electron chi connectivity index (χ1n) is 4.17. The Labute approximate surface area is 82.2 Å². The minimum Gasteiger partial charge on any atom is -0.340 e. The Balaban J connectivity index is 2.39. The van der Waals surface area contributed by atoms with Gasteiger partial charge in [-0.25, -0.2) is 5.01 Å². The Bertz CT molecular complexity index is 349. The molecule has 1 heterocycles. The van der Waals surface area contributed by atoms with Gasteiger partial charge in [0.2, 0.25) is 5.91 Å². The van der Waals surface area contributed by atoms with E-state index >= 15 is 0 Å². The molecule has 5 nitrogen and oxygen atoms in total. The van der Waals surface area contributed by atoms with Gasteiger partial charge in [0.25, 0.3) is 5.91 Å². The molecule has 0 aromatic carbocycles. The zero-order valence-corrected chi connectivity index (χ0v) is 8.13. The smallest absolute Gasteiger partial charge is 0.296 e. The molecule has 2 amide bonds. The maximum atomic E-state index is 11.0. The molecule has 1 aliphatic heterocycles. The Kier molecular flexibility index (Phi) is 3.24. The summed E-state index contributed by atoms with van der Waals surface area (Å²) in [5.41, 5.74) is 0.656. The van der Waals surface area contributed by atoms with Crippen molar-refractivity contribution in [1.82, 2.24) is 10.3 Å². The molecule has 14 heavy (non-hydrogen) atoms. The first-order chi connectivity index (χ1) is 6.63. The number of carbonyl (C=O) groups excluding carboxylic acids is 2. The summed E-state index contributed by atoms with van der Waals surface area (Å²) in [6, 6.07) is 0. The van der Waals surface area contributed by atoms with Crippen LogP contribution in [-0.2, 0) is 9.59 Å². The molecule has 0 bridgehead atoms. The molecule has 0 aromatic heterocycles. The summed E-state index contributed by atoms with van der Waals surface area (Å²) in [4.78, 5) is 22.0. The van der Waals surface area contributed by atoms with Crippen LogP contribution in [0.4, 0.5) is 0 Å². The van der Waals surface area contributed by atoms with E-state index in [1.54, 1.807) is 14.0 Å². The maximum Gasteiger partial charge on any atom is 0.296 e. The lowest BCUT2D eigenvalue weighted by molar-refractivity contribution is -0.127. The fraction of sp³-hybridized carbons (Fsp3) is 0.444. The highest BCUT2D eigenvalue weighted by Crippen LogP contribution is 2.03. The molecule has 0 saturated carbocycles. The molecule has 0 fully saturated rings. The molecule has 0 unspecified atom stereocenters. The number of nitrogens with zero attached hydrogens (tertiary/aromatic N) is 2. The highest BCUT2D eigenvalue weighted by Gasteiger charge is 2.19. The topological polar surface area (TPSA) is 61.8 Å². The van der Waals surface area contributed by atoms with Gasteiger partial charge in [-0.3, -0.25) is 9.59 Å². The van der Waals surface area contributed by atoms with Crippen molar-refractivity contribution in [2.24, 2.45) is 5.10 Å². The van der Waals surface area contributed by atoms with Crippen LogP contribution >= 0.6 is 0 Å². The van der Waals surface area contributed by atoms with Gasteiger partial charge in [0.05, 0.1) is 18.7 Å². The van der Waals surface area contributed by atoms with Gasteiger partial charge in [0.1, 0.15) is 0 Å². The highest BCUT2D eigenvalue weighted by atomic mass is 16.2. The van der Waals surface area contributed by atoms with Crippen LogP contribution < -0.4 is 5.32 Å². The Morgan fingerprint density at radius 2 is 2.43 bits per heavy atom. The van der Waals surface area contributed by atoms with Crippen molar-refractivity contribution in [2.45, 2.75) is 13.3 Å². The molecule has 1 rings (SSSR count). The average molecular weight is 193 g/mol. The van der Waals surface area contributed by atoms with Crippen molar-refractivity contribution in [3.8, 4) is 11.8 Å². The summed E-state index contributed by atoms with van der Waals surface area (Å²) in [6.45, 7) is 1.87. The van der Waals surface area contributed by atoms with Crippen molar-refractivity contribution in [1.29, 1.82) is 0 Å². The molecular formula is C9H11N3O2. The van der Waals surface area contributed by atoms with E-state index in [1.165, 1.54) is 5.01 Å². The van der Waals surface area contributed by atoms with E-state index in [9.17, 15) is 9.59 Å². The molecule has 0 radical (unpaired) electrons. The second kappa shape index (κ2) is 4.42. The normalized spacial score (nSPS) is 14.6. The first-order valence-corrected chi connectivity index (χ1v) is 4.17. The minimum absolute atomic E-state index is 0.0594. The quantitative estimate of drug-likeness (QED) is 0.592.